The zero-order valence-electron chi connectivity index (χ0n) is 12.1. The van der Waals surface area contributed by atoms with Crippen LogP contribution in [-0.2, 0) is 16.1 Å². The van der Waals surface area contributed by atoms with Gasteiger partial charge < -0.3 is 20.7 Å². The normalized spacial score (nSPS) is 19.1. The van der Waals surface area contributed by atoms with Gasteiger partial charge in [-0.15, -0.1) is 0 Å². The first kappa shape index (κ1) is 14.7. The number of nitrogens with zero attached hydrogens (tertiary/aromatic N) is 2. The van der Waals surface area contributed by atoms with Gasteiger partial charge in [0, 0.05) is 19.3 Å². The van der Waals surface area contributed by atoms with Gasteiger partial charge >= 0.3 is 0 Å². The summed E-state index contributed by atoms with van der Waals surface area (Å²) < 4.78 is 5.33. The van der Waals surface area contributed by atoms with Crippen molar-refractivity contribution >= 4 is 11.7 Å². The molecular formula is C14H22N4O2. The van der Waals surface area contributed by atoms with Crippen LogP contribution in [0.4, 0.5) is 5.82 Å². The van der Waals surface area contributed by atoms with E-state index in [-0.39, 0.29) is 5.91 Å². The highest BCUT2D eigenvalue weighted by molar-refractivity contribution is 5.84. The Bertz CT molecular complexity index is 478. The lowest BCUT2D eigenvalue weighted by molar-refractivity contribution is -0.121. The summed E-state index contributed by atoms with van der Waals surface area (Å²) in [5.41, 5.74) is 7.63. The smallest absolute Gasteiger partial charge is 0.242 e. The summed E-state index contributed by atoms with van der Waals surface area (Å²) in [7, 11) is 0. The number of carbonyl (C=O) groups excluding carboxylic acids is 1. The van der Waals surface area contributed by atoms with Crippen LogP contribution in [0, 0.1) is 6.92 Å². The zero-order chi connectivity index (χ0) is 14.5. The number of hydrogen-bond donors (Lipinski definition) is 2. The lowest BCUT2D eigenvalue weighted by Gasteiger charge is -2.35. The molecule has 1 aromatic rings. The van der Waals surface area contributed by atoms with E-state index in [2.05, 4.69) is 23.3 Å². The van der Waals surface area contributed by atoms with Gasteiger partial charge in [0.1, 0.15) is 11.9 Å². The van der Waals surface area contributed by atoms with Gasteiger partial charge in [0.05, 0.1) is 13.2 Å². The third-order valence-corrected chi connectivity index (χ3v) is 3.42. The van der Waals surface area contributed by atoms with E-state index in [0.29, 0.717) is 19.8 Å². The lowest BCUT2D eigenvalue weighted by Crippen LogP contribution is -2.53. The molecule has 2 rings (SSSR count). The number of aryl methyl sites for hydroxylation is 1. The molecule has 3 N–H and O–H groups in total. The van der Waals surface area contributed by atoms with Crippen molar-refractivity contribution in [3.05, 3.63) is 23.4 Å². The van der Waals surface area contributed by atoms with Gasteiger partial charge in [0.2, 0.25) is 5.91 Å². The summed E-state index contributed by atoms with van der Waals surface area (Å²) in [5.74, 6) is 0.444. The molecule has 1 atom stereocenters. The number of pyridine rings is 1. The number of primary amides is 1. The standard InChI is InChI=1S/C14H22N4O2/c1-3-16-7-11-6-10(2)14(17-8-11)18-4-5-20-9-12(18)13(15)19/h6,8,12,16H,3-5,7,9H2,1-2H3,(H2,15,19). The minimum absolute atomic E-state index is 0.329. The summed E-state index contributed by atoms with van der Waals surface area (Å²) >= 11 is 0. The second-order valence-electron chi connectivity index (χ2n) is 4.95. The van der Waals surface area contributed by atoms with E-state index in [0.717, 1.165) is 30.0 Å². The molecule has 1 aromatic heterocycles. The second-order valence-corrected chi connectivity index (χ2v) is 4.95. The highest BCUT2D eigenvalue weighted by Crippen LogP contribution is 2.22. The van der Waals surface area contributed by atoms with Gasteiger partial charge in [-0.25, -0.2) is 4.98 Å². The van der Waals surface area contributed by atoms with E-state index < -0.39 is 6.04 Å². The molecule has 0 spiro atoms. The fraction of sp³-hybridized carbons (Fsp3) is 0.571. The summed E-state index contributed by atoms with van der Waals surface area (Å²) in [5, 5.41) is 3.27. The van der Waals surface area contributed by atoms with Gasteiger partial charge in [-0.05, 0) is 30.7 Å². The van der Waals surface area contributed by atoms with Crippen LogP contribution < -0.4 is 16.0 Å². The average Bonchev–Trinajstić information content (AvgIpc) is 2.45. The Labute approximate surface area is 119 Å². The molecule has 2 heterocycles. The summed E-state index contributed by atoms with van der Waals surface area (Å²) in [6.45, 7) is 7.35. The van der Waals surface area contributed by atoms with E-state index in [1.807, 2.05) is 18.0 Å². The molecule has 6 nitrogen and oxygen atoms in total. The maximum absolute atomic E-state index is 11.5. The van der Waals surface area contributed by atoms with Crippen molar-refractivity contribution in [2.45, 2.75) is 26.4 Å². The van der Waals surface area contributed by atoms with Crippen molar-refractivity contribution in [2.75, 3.05) is 31.2 Å². The van der Waals surface area contributed by atoms with E-state index in [1.165, 1.54) is 0 Å². The number of morpholine rings is 1. The molecule has 6 heteroatoms. The zero-order valence-corrected chi connectivity index (χ0v) is 12.1. The maximum atomic E-state index is 11.5. The third-order valence-electron chi connectivity index (χ3n) is 3.42. The number of ether oxygens (including phenoxy) is 1. The highest BCUT2D eigenvalue weighted by atomic mass is 16.5. The van der Waals surface area contributed by atoms with E-state index in [9.17, 15) is 4.79 Å². The van der Waals surface area contributed by atoms with Gasteiger partial charge in [0.25, 0.3) is 0 Å². The molecule has 1 aliphatic rings. The van der Waals surface area contributed by atoms with Crippen LogP contribution in [0.1, 0.15) is 18.1 Å². The van der Waals surface area contributed by atoms with Crippen molar-refractivity contribution in [2.24, 2.45) is 5.73 Å². The summed E-state index contributed by atoms with van der Waals surface area (Å²) in [4.78, 5) is 18.0. The number of rotatable bonds is 5. The van der Waals surface area contributed by atoms with Gasteiger partial charge in [-0.2, -0.15) is 0 Å². The first-order valence-corrected chi connectivity index (χ1v) is 6.93. The maximum Gasteiger partial charge on any atom is 0.242 e. The number of nitrogens with two attached hydrogens (primary N) is 1. The van der Waals surface area contributed by atoms with Crippen LogP contribution in [-0.4, -0.2) is 43.2 Å². The Kier molecular flexibility index (Phi) is 4.92. The Balaban J connectivity index is 2.20. The Morgan fingerprint density at radius 3 is 3.10 bits per heavy atom. The molecule has 1 fully saturated rings. The Hall–Kier alpha value is -1.66. The molecule has 1 unspecified atom stereocenters. The molecule has 1 saturated heterocycles. The monoisotopic (exact) mass is 278 g/mol. The molecule has 0 aromatic carbocycles. The lowest BCUT2D eigenvalue weighted by atomic mass is 10.1. The van der Waals surface area contributed by atoms with Crippen LogP contribution in [0.2, 0.25) is 0 Å². The molecule has 0 radical (unpaired) electrons. The number of carbonyl (C=O) groups is 1. The molecule has 20 heavy (non-hydrogen) atoms. The van der Waals surface area contributed by atoms with Crippen LogP contribution >= 0.6 is 0 Å². The molecule has 1 aliphatic heterocycles. The quantitative estimate of drug-likeness (QED) is 0.803. The number of anilines is 1. The summed E-state index contributed by atoms with van der Waals surface area (Å²) in [6, 6.07) is 1.66. The molecule has 0 bridgehead atoms. The topological polar surface area (TPSA) is 80.5 Å². The summed E-state index contributed by atoms with van der Waals surface area (Å²) in [6.07, 6.45) is 1.85. The predicted molar refractivity (Wildman–Crippen MR) is 77.5 cm³/mol. The molecule has 1 amide bonds. The average molecular weight is 278 g/mol. The molecular weight excluding hydrogens is 256 g/mol. The number of amides is 1. The third kappa shape index (κ3) is 3.26. The van der Waals surface area contributed by atoms with Gasteiger partial charge in [-0.3, -0.25) is 4.79 Å². The first-order chi connectivity index (χ1) is 9.63. The van der Waals surface area contributed by atoms with E-state index >= 15 is 0 Å². The second kappa shape index (κ2) is 6.67. The van der Waals surface area contributed by atoms with E-state index in [1.54, 1.807) is 0 Å². The van der Waals surface area contributed by atoms with Crippen molar-refractivity contribution in [1.82, 2.24) is 10.3 Å². The Morgan fingerprint density at radius 1 is 1.65 bits per heavy atom. The fourth-order valence-electron chi connectivity index (χ4n) is 2.39. The Morgan fingerprint density at radius 2 is 2.45 bits per heavy atom. The van der Waals surface area contributed by atoms with Crippen molar-refractivity contribution in [1.29, 1.82) is 0 Å². The number of nitrogens with one attached hydrogen (secondary N) is 1. The minimum Gasteiger partial charge on any atom is -0.377 e. The van der Waals surface area contributed by atoms with Crippen LogP contribution in [0.25, 0.3) is 0 Å². The molecule has 0 saturated carbocycles. The van der Waals surface area contributed by atoms with Crippen molar-refractivity contribution < 1.29 is 9.53 Å². The predicted octanol–water partition coefficient (Wildman–Crippen LogP) is 0.190. The van der Waals surface area contributed by atoms with Crippen LogP contribution in [0.3, 0.4) is 0 Å². The number of aromatic nitrogens is 1. The van der Waals surface area contributed by atoms with Crippen LogP contribution in [0.15, 0.2) is 12.3 Å². The SMILES string of the molecule is CCNCc1cnc(N2CCOCC2C(N)=O)c(C)c1. The molecule has 0 aliphatic carbocycles. The van der Waals surface area contributed by atoms with Crippen molar-refractivity contribution in [3.63, 3.8) is 0 Å². The highest BCUT2D eigenvalue weighted by Gasteiger charge is 2.29. The first-order valence-electron chi connectivity index (χ1n) is 6.93. The number of hydrogen-bond acceptors (Lipinski definition) is 5. The largest absolute Gasteiger partial charge is 0.377 e. The van der Waals surface area contributed by atoms with E-state index in [4.69, 9.17) is 10.5 Å². The minimum atomic E-state index is -0.436. The fourth-order valence-corrected chi connectivity index (χ4v) is 2.39. The van der Waals surface area contributed by atoms with Gasteiger partial charge in [-0.1, -0.05) is 6.92 Å². The van der Waals surface area contributed by atoms with Crippen LogP contribution in [0.5, 0.6) is 0 Å². The molecule has 110 valence electrons. The van der Waals surface area contributed by atoms with Gasteiger partial charge in [0.15, 0.2) is 0 Å². The van der Waals surface area contributed by atoms with Crippen molar-refractivity contribution in [3.8, 4) is 0 Å².